The lowest BCUT2D eigenvalue weighted by Gasteiger charge is -2.13. The largest absolute Gasteiger partial charge is 0.475 e. The van der Waals surface area contributed by atoms with Crippen LogP contribution in [0.4, 0.5) is 0 Å². The summed E-state index contributed by atoms with van der Waals surface area (Å²) in [7, 11) is 0. The molecule has 1 aromatic rings. The van der Waals surface area contributed by atoms with E-state index in [2.05, 4.69) is 34.8 Å². The zero-order valence-corrected chi connectivity index (χ0v) is 11.7. The minimum atomic E-state index is 0.255. The number of aromatic nitrogens is 1. The maximum Gasteiger partial charge on any atom is 0.213 e. The normalized spacial score (nSPS) is 12.4. The summed E-state index contributed by atoms with van der Waals surface area (Å²) in [4.78, 5) is 4.19. The quantitative estimate of drug-likeness (QED) is 0.684. The Morgan fingerprint density at radius 2 is 2.12 bits per heavy atom. The highest BCUT2D eigenvalue weighted by Crippen LogP contribution is 2.15. The predicted molar refractivity (Wildman–Crippen MR) is 70.8 cm³/mol. The van der Waals surface area contributed by atoms with Gasteiger partial charge in [0.2, 0.25) is 5.88 Å². The van der Waals surface area contributed by atoms with E-state index in [0.29, 0.717) is 5.88 Å². The summed E-state index contributed by atoms with van der Waals surface area (Å²) in [6, 6.07) is 3.85. The maximum absolute atomic E-state index is 5.72. The molecule has 1 atom stereocenters. The molecule has 0 aliphatic carbocycles. The molecule has 0 saturated carbocycles. The summed E-state index contributed by atoms with van der Waals surface area (Å²) in [6.07, 6.45) is 8.28. The van der Waals surface area contributed by atoms with Crippen molar-refractivity contribution < 1.29 is 4.74 Å². The van der Waals surface area contributed by atoms with Gasteiger partial charge in [-0.3, -0.25) is 0 Å². The van der Waals surface area contributed by atoms with Gasteiger partial charge < -0.3 is 4.74 Å². The second-order valence-corrected chi connectivity index (χ2v) is 5.01. The second-order valence-electron chi connectivity index (χ2n) is 4.09. The van der Waals surface area contributed by atoms with Gasteiger partial charge in [-0.25, -0.2) is 4.98 Å². The summed E-state index contributed by atoms with van der Waals surface area (Å²) in [6.45, 7) is 4.33. The van der Waals surface area contributed by atoms with Gasteiger partial charge in [0.25, 0.3) is 0 Å². The molecule has 16 heavy (non-hydrogen) atoms. The molecule has 0 spiro atoms. The highest BCUT2D eigenvalue weighted by Gasteiger charge is 2.04. The van der Waals surface area contributed by atoms with E-state index in [1.54, 1.807) is 6.20 Å². The molecule has 0 aromatic carbocycles. The van der Waals surface area contributed by atoms with Gasteiger partial charge in [0, 0.05) is 16.7 Å². The molecule has 90 valence electrons. The Balaban J connectivity index is 2.23. The van der Waals surface area contributed by atoms with Crippen molar-refractivity contribution in [1.29, 1.82) is 0 Å². The number of pyridine rings is 1. The molecular weight excluding hydrogens is 266 g/mol. The SMILES string of the molecule is CCCCCCC(C)Oc1ccc(Br)cn1. The van der Waals surface area contributed by atoms with Gasteiger partial charge in [-0.2, -0.15) is 0 Å². The molecule has 1 heterocycles. The van der Waals surface area contributed by atoms with Crippen molar-refractivity contribution in [3.63, 3.8) is 0 Å². The number of rotatable bonds is 7. The van der Waals surface area contributed by atoms with Crippen LogP contribution in [0.2, 0.25) is 0 Å². The van der Waals surface area contributed by atoms with Crippen molar-refractivity contribution in [2.45, 2.75) is 52.1 Å². The Labute approximate surface area is 107 Å². The van der Waals surface area contributed by atoms with Crippen molar-refractivity contribution in [3.05, 3.63) is 22.8 Å². The average molecular weight is 286 g/mol. The molecule has 0 saturated heterocycles. The number of halogens is 1. The van der Waals surface area contributed by atoms with Gasteiger partial charge in [-0.05, 0) is 41.8 Å². The molecule has 1 aromatic heterocycles. The molecule has 0 aliphatic heterocycles. The van der Waals surface area contributed by atoms with Crippen LogP contribution >= 0.6 is 15.9 Å². The fraction of sp³-hybridized carbons (Fsp3) is 0.615. The van der Waals surface area contributed by atoms with E-state index in [4.69, 9.17) is 4.74 Å². The van der Waals surface area contributed by atoms with E-state index < -0.39 is 0 Å². The minimum Gasteiger partial charge on any atom is -0.475 e. The van der Waals surface area contributed by atoms with Gasteiger partial charge in [0.05, 0.1) is 6.10 Å². The molecule has 0 amide bonds. The maximum atomic E-state index is 5.72. The molecule has 1 unspecified atom stereocenters. The topological polar surface area (TPSA) is 22.1 Å². The Hall–Kier alpha value is -0.570. The fourth-order valence-corrected chi connectivity index (χ4v) is 1.79. The van der Waals surface area contributed by atoms with Crippen LogP contribution in [-0.4, -0.2) is 11.1 Å². The summed E-state index contributed by atoms with van der Waals surface area (Å²) < 4.78 is 6.70. The molecule has 1 rings (SSSR count). The highest BCUT2D eigenvalue weighted by molar-refractivity contribution is 9.10. The van der Waals surface area contributed by atoms with Crippen LogP contribution in [0.15, 0.2) is 22.8 Å². The molecule has 0 N–H and O–H groups in total. The molecule has 0 radical (unpaired) electrons. The van der Waals surface area contributed by atoms with E-state index in [-0.39, 0.29) is 6.10 Å². The first kappa shape index (κ1) is 13.5. The predicted octanol–water partition coefficient (Wildman–Crippen LogP) is 4.58. The number of hydrogen-bond donors (Lipinski definition) is 0. The zero-order chi connectivity index (χ0) is 11.8. The number of ether oxygens (including phenoxy) is 1. The van der Waals surface area contributed by atoms with Crippen LogP contribution in [-0.2, 0) is 0 Å². The van der Waals surface area contributed by atoms with Crippen LogP contribution < -0.4 is 4.74 Å². The monoisotopic (exact) mass is 285 g/mol. The lowest BCUT2D eigenvalue weighted by molar-refractivity contribution is 0.198. The van der Waals surface area contributed by atoms with Gasteiger partial charge in [-0.15, -0.1) is 0 Å². The molecule has 3 heteroatoms. The van der Waals surface area contributed by atoms with E-state index in [1.807, 2.05) is 12.1 Å². The van der Waals surface area contributed by atoms with Gasteiger partial charge in [-0.1, -0.05) is 26.2 Å². The van der Waals surface area contributed by atoms with Gasteiger partial charge >= 0.3 is 0 Å². The van der Waals surface area contributed by atoms with Crippen LogP contribution in [0.3, 0.4) is 0 Å². The fourth-order valence-electron chi connectivity index (χ4n) is 1.56. The molecular formula is C13H20BrNO. The second kappa shape index (κ2) is 7.66. The number of hydrogen-bond acceptors (Lipinski definition) is 2. The average Bonchev–Trinajstić information content (AvgIpc) is 2.28. The molecule has 0 aliphatic rings. The van der Waals surface area contributed by atoms with Crippen molar-refractivity contribution >= 4 is 15.9 Å². The molecule has 2 nitrogen and oxygen atoms in total. The van der Waals surface area contributed by atoms with E-state index in [0.717, 1.165) is 10.9 Å². The van der Waals surface area contributed by atoms with Gasteiger partial charge in [0.1, 0.15) is 0 Å². The first-order valence-corrected chi connectivity index (χ1v) is 6.80. The van der Waals surface area contributed by atoms with Crippen molar-refractivity contribution in [2.75, 3.05) is 0 Å². The van der Waals surface area contributed by atoms with Crippen molar-refractivity contribution in [2.24, 2.45) is 0 Å². The Morgan fingerprint density at radius 1 is 1.31 bits per heavy atom. The van der Waals surface area contributed by atoms with Crippen molar-refractivity contribution in [1.82, 2.24) is 4.98 Å². The first-order chi connectivity index (χ1) is 7.72. The van der Waals surface area contributed by atoms with Gasteiger partial charge in [0.15, 0.2) is 0 Å². The zero-order valence-electron chi connectivity index (χ0n) is 10.1. The Kier molecular flexibility index (Phi) is 6.46. The highest BCUT2D eigenvalue weighted by atomic mass is 79.9. The minimum absolute atomic E-state index is 0.255. The molecule has 0 fully saturated rings. The Bertz CT molecular complexity index is 286. The third-order valence-corrected chi connectivity index (χ3v) is 2.96. The van der Waals surface area contributed by atoms with E-state index in [9.17, 15) is 0 Å². The van der Waals surface area contributed by atoms with E-state index in [1.165, 1.54) is 25.7 Å². The van der Waals surface area contributed by atoms with Crippen LogP contribution in [0, 0.1) is 0 Å². The third-order valence-electron chi connectivity index (χ3n) is 2.49. The third kappa shape index (κ3) is 5.50. The van der Waals surface area contributed by atoms with Crippen LogP contribution in [0.1, 0.15) is 46.0 Å². The van der Waals surface area contributed by atoms with E-state index >= 15 is 0 Å². The summed E-state index contributed by atoms with van der Waals surface area (Å²) in [5, 5.41) is 0. The lowest BCUT2D eigenvalue weighted by atomic mass is 10.1. The van der Waals surface area contributed by atoms with Crippen molar-refractivity contribution in [3.8, 4) is 5.88 Å². The number of unbranched alkanes of at least 4 members (excludes halogenated alkanes) is 3. The summed E-state index contributed by atoms with van der Waals surface area (Å²) in [5.74, 6) is 0.714. The van der Waals surface area contributed by atoms with Crippen LogP contribution in [0.5, 0.6) is 5.88 Å². The van der Waals surface area contributed by atoms with Crippen LogP contribution in [0.25, 0.3) is 0 Å². The summed E-state index contributed by atoms with van der Waals surface area (Å²) in [5.41, 5.74) is 0. The summed E-state index contributed by atoms with van der Waals surface area (Å²) >= 11 is 3.35. The Morgan fingerprint density at radius 3 is 2.75 bits per heavy atom. The molecule has 0 bridgehead atoms. The lowest BCUT2D eigenvalue weighted by Crippen LogP contribution is -2.12. The standard InChI is InChI=1S/C13H20BrNO/c1-3-4-5-6-7-11(2)16-13-9-8-12(14)10-15-13/h8-11H,3-7H2,1-2H3. The smallest absolute Gasteiger partial charge is 0.213 e. The number of nitrogens with zero attached hydrogens (tertiary/aromatic N) is 1. The first-order valence-electron chi connectivity index (χ1n) is 6.00.